The highest BCUT2D eigenvalue weighted by atomic mass is 16.5. The van der Waals surface area contributed by atoms with Gasteiger partial charge in [0.1, 0.15) is 0 Å². The van der Waals surface area contributed by atoms with Gasteiger partial charge in [-0.2, -0.15) is 0 Å². The summed E-state index contributed by atoms with van der Waals surface area (Å²) < 4.78 is 5.44. The van der Waals surface area contributed by atoms with Crippen molar-refractivity contribution in [1.82, 2.24) is 0 Å². The fraction of sp³-hybridized carbons (Fsp3) is 0.455. The van der Waals surface area contributed by atoms with Crippen LogP contribution in [0.25, 0.3) is 0 Å². The Balaban J connectivity index is 2.46. The zero-order valence-corrected chi connectivity index (χ0v) is 8.34. The van der Waals surface area contributed by atoms with E-state index in [1.165, 1.54) is 5.56 Å². The van der Waals surface area contributed by atoms with Gasteiger partial charge in [-0.15, -0.1) is 0 Å². The quantitative estimate of drug-likeness (QED) is 0.702. The first-order valence-corrected chi connectivity index (χ1v) is 4.71. The minimum atomic E-state index is 0.712. The van der Waals surface area contributed by atoms with Gasteiger partial charge in [0, 0.05) is 19.3 Å². The third kappa shape index (κ3) is 3.47. The lowest BCUT2D eigenvalue weighted by molar-refractivity contribution is 0.121. The molecule has 1 aromatic rings. The molecule has 0 fully saturated rings. The van der Waals surface area contributed by atoms with Crippen LogP contribution in [0.5, 0.6) is 0 Å². The Hall–Kier alpha value is -1.02. The minimum absolute atomic E-state index is 0.712. The molecule has 0 spiro atoms. The molecule has 0 saturated carbocycles. The second-order valence-corrected chi connectivity index (χ2v) is 3.00. The molecule has 0 aromatic heterocycles. The van der Waals surface area contributed by atoms with E-state index in [4.69, 9.17) is 4.74 Å². The summed E-state index contributed by atoms with van der Waals surface area (Å²) >= 11 is 0. The normalized spacial score (nSPS) is 10.0. The lowest BCUT2D eigenvalue weighted by Gasteiger charge is -2.05. The smallest absolute Gasteiger partial charge is 0.0717 e. The molecule has 0 amide bonds. The highest BCUT2D eigenvalue weighted by molar-refractivity contribution is 5.44. The standard InChI is InChI=1S/C11H17NO/c1-3-7-13-9-10-5-4-6-11(8-10)12-2/h4-6,8,12H,3,7,9H2,1-2H3. The summed E-state index contributed by atoms with van der Waals surface area (Å²) in [7, 11) is 1.92. The lowest BCUT2D eigenvalue weighted by Crippen LogP contribution is -1.95. The van der Waals surface area contributed by atoms with Gasteiger partial charge in [-0.1, -0.05) is 19.1 Å². The molecular weight excluding hydrogens is 162 g/mol. The Bertz CT molecular complexity index is 248. The van der Waals surface area contributed by atoms with Crippen LogP contribution < -0.4 is 5.32 Å². The van der Waals surface area contributed by atoms with Crippen LogP contribution in [-0.2, 0) is 11.3 Å². The molecule has 72 valence electrons. The van der Waals surface area contributed by atoms with Crippen LogP contribution in [0.3, 0.4) is 0 Å². The van der Waals surface area contributed by atoms with Crippen molar-refractivity contribution in [2.75, 3.05) is 19.0 Å². The topological polar surface area (TPSA) is 21.3 Å². The molecule has 0 aliphatic carbocycles. The molecule has 1 aromatic carbocycles. The number of hydrogen-bond donors (Lipinski definition) is 1. The van der Waals surface area contributed by atoms with Gasteiger partial charge < -0.3 is 10.1 Å². The van der Waals surface area contributed by atoms with Crippen molar-refractivity contribution in [3.8, 4) is 0 Å². The molecule has 0 unspecified atom stereocenters. The fourth-order valence-electron chi connectivity index (χ4n) is 1.15. The first-order chi connectivity index (χ1) is 6.36. The van der Waals surface area contributed by atoms with Gasteiger partial charge in [0.2, 0.25) is 0 Å². The number of nitrogens with one attached hydrogen (secondary N) is 1. The van der Waals surface area contributed by atoms with E-state index in [-0.39, 0.29) is 0 Å². The summed E-state index contributed by atoms with van der Waals surface area (Å²) in [5.74, 6) is 0. The van der Waals surface area contributed by atoms with E-state index >= 15 is 0 Å². The maximum absolute atomic E-state index is 5.44. The predicted octanol–water partition coefficient (Wildman–Crippen LogP) is 2.65. The molecule has 0 heterocycles. The zero-order valence-electron chi connectivity index (χ0n) is 8.34. The molecule has 0 radical (unpaired) electrons. The predicted molar refractivity (Wildman–Crippen MR) is 55.9 cm³/mol. The zero-order chi connectivity index (χ0) is 9.52. The first kappa shape index (κ1) is 10.1. The van der Waals surface area contributed by atoms with Gasteiger partial charge in [-0.3, -0.25) is 0 Å². The van der Waals surface area contributed by atoms with Gasteiger partial charge in [0.05, 0.1) is 6.61 Å². The van der Waals surface area contributed by atoms with Crippen LogP contribution >= 0.6 is 0 Å². The summed E-state index contributed by atoms with van der Waals surface area (Å²) in [6, 6.07) is 8.27. The van der Waals surface area contributed by atoms with Gasteiger partial charge >= 0.3 is 0 Å². The van der Waals surface area contributed by atoms with E-state index in [9.17, 15) is 0 Å². The van der Waals surface area contributed by atoms with Crippen LogP contribution in [0.15, 0.2) is 24.3 Å². The van der Waals surface area contributed by atoms with E-state index in [1.807, 2.05) is 19.2 Å². The third-order valence-electron chi connectivity index (χ3n) is 1.83. The minimum Gasteiger partial charge on any atom is -0.388 e. The summed E-state index contributed by atoms with van der Waals surface area (Å²) in [6.07, 6.45) is 1.08. The number of anilines is 1. The molecule has 0 atom stereocenters. The van der Waals surface area contributed by atoms with E-state index in [0.29, 0.717) is 6.61 Å². The monoisotopic (exact) mass is 179 g/mol. The van der Waals surface area contributed by atoms with Crippen molar-refractivity contribution in [2.24, 2.45) is 0 Å². The highest BCUT2D eigenvalue weighted by Crippen LogP contribution is 2.10. The molecule has 0 aliphatic rings. The molecule has 1 N–H and O–H groups in total. The Morgan fingerprint density at radius 1 is 1.38 bits per heavy atom. The molecule has 0 saturated heterocycles. The molecule has 0 aliphatic heterocycles. The molecule has 0 bridgehead atoms. The van der Waals surface area contributed by atoms with Crippen LogP contribution in [0, 0.1) is 0 Å². The fourth-order valence-corrected chi connectivity index (χ4v) is 1.15. The lowest BCUT2D eigenvalue weighted by atomic mass is 10.2. The van der Waals surface area contributed by atoms with Gasteiger partial charge in [0.15, 0.2) is 0 Å². The van der Waals surface area contributed by atoms with Crippen molar-refractivity contribution < 1.29 is 4.74 Å². The molecule has 13 heavy (non-hydrogen) atoms. The van der Waals surface area contributed by atoms with E-state index in [2.05, 4.69) is 24.4 Å². The first-order valence-electron chi connectivity index (χ1n) is 4.71. The van der Waals surface area contributed by atoms with Crippen molar-refractivity contribution in [3.63, 3.8) is 0 Å². The number of benzene rings is 1. The van der Waals surface area contributed by atoms with Crippen molar-refractivity contribution in [1.29, 1.82) is 0 Å². The molecule has 1 rings (SSSR count). The summed E-state index contributed by atoms with van der Waals surface area (Å²) in [5, 5.41) is 3.10. The van der Waals surface area contributed by atoms with Crippen molar-refractivity contribution >= 4 is 5.69 Å². The Labute approximate surface area is 79.9 Å². The van der Waals surface area contributed by atoms with Crippen molar-refractivity contribution in [2.45, 2.75) is 20.0 Å². The van der Waals surface area contributed by atoms with Crippen LogP contribution in [0.4, 0.5) is 5.69 Å². The summed E-state index contributed by atoms with van der Waals surface area (Å²) in [4.78, 5) is 0. The van der Waals surface area contributed by atoms with E-state index < -0.39 is 0 Å². The van der Waals surface area contributed by atoms with Crippen LogP contribution in [-0.4, -0.2) is 13.7 Å². The van der Waals surface area contributed by atoms with Crippen LogP contribution in [0.2, 0.25) is 0 Å². The number of rotatable bonds is 5. The maximum atomic E-state index is 5.44. The summed E-state index contributed by atoms with van der Waals surface area (Å²) in [6.45, 7) is 3.66. The van der Waals surface area contributed by atoms with Gasteiger partial charge in [-0.05, 0) is 24.1 Å². The Morgan fingerprint density at radius 3 is 2.92 bits per heavy atom. The molecule has 2 nitrogen and oxygen atoms in total. The summed E-state index contributed by atoms with van der Waals surface area (Å²) in [5.41, 5.74) is 2.36. The SMILES string of the molecule is CCCOCc1cccc(NC)c1. The second kappa shape index (κ2) is 5.60. The second-order valence-electron chi connectivity index (χ2n) is 3.00. The Kier molecular flexibility index (Phi) is 4.33. The highest BCUT2D eigenvalue weighted by Gasteiger charge is 1.93. The van der Waals surface area contributed by atoms with E-state index in [1.54, 1.807) is 0 Å². The maximum Gasteiger partial charge on any atom is 0.0717 e. The van der Waals surface area contributed by atoms with Gasteiger partial charge in [0.25, 0.3) is 0 Å². The molecular formula is C11H17NO. The largest absolute Gasteiger partial charge is 0.388 e. The number of ether oxygens (including phenoxy) is 1. The Morgan fingerprint density at radius 2 is 2.23 bits per heavy atom. The average Bonchev–Trinajstić information content (AvgIpc) is 2.19. The van der Waals surface area contributed by atoms with E-state index in [0.717, 1.165) is 18.7 Å². The van der Waals surface area contributed by atoms with Crippen molar-refractivity contribution in [3.05, 3.63) is 29.8 Å². The molecule has 2 heteroatoms. The van der Waals surface area contributed by atoms with Gasteiger partial charge in [-0.25, -0.2) is 0 Å². The van der Waals surface area contributed by atoms with Crippen LogP contribution in [0.1, 0.15) is 18.9 Å². The third-order valence-corrected chi connectivity index (χ3v) is 1.83. The average molecular weight is 179 g/mol. The number of hydrogen-bond acceptors (Lipinski definition) is 2.